The van der Waals surface area contributed by atoms with Crippen LogP contribution in [0, 0.1) is 11.7 Å². The second-order valence-corrected chi connectivity index (χ2v) is 6.68. The fraction of sp³-hybridized carbons (Fsp3) is 0.538. The predicted octanol–water partition coefficient (Wildman–Crippen LogP) is 1.62. The van der Waals surface area contributed by atoms with Crippen molar-refractivity contribution in [2.24, 2.45) is 11.7 Å². The molecule has 1 saturated carbocycles. The van der Waals surface area contributed by atoms with Gasteiger partial charge < -0.3 is 5.73 Å². The number of hydrogen-bond donors (Lipinski definition) is 2. The van der Waals surface area contributed by atoms with Crippen LogP contribution in [0.3, 0.4) is 0 Å². The smallest absolute Gasteiger partial charge is 0.240 e. The minimum atomic E-state index is -3.70. The van der Waals surface area contributed by atoms with Crippen molar-refractivity contribution < 1.29 is 12.8 Å². The number of hydrogen-bond acceptors (Lipinski definition) is 3. The molecule has 0 aliphatic heterocycles. The summed E-state index contributed by atoms with van der Waals surface area (Å²) < 4.78 is 40.1. The van der Waals surface area contributed by atoms with Gasteiger partial charge in [-0.15, -0.1) is 0 Å². The van der Waals surface area contributed by atoms with E-state index in [1.807, 2.05) is 0 Å². The number of nitrogens with one attached hydrogen (secondary N) is 1. The molecular weight excluding hydrogens is 267 g/mol. The highest BCUT2D eigenvalue weighted by Crippen LogP contribution is 2.28. The van der Waals surface area contributed by atoms with Crippen molar-refractivity contribution in [3.05, 3.63) is 30.1 Å². The minimum Gasteiger partial charge on any atom is -0.329 e. The average Bonchev–Trinajstić information content (AvgIpc) is 2.90. The molecular formula is C13H19FN2O2S. The average molecular weight is 286 g/mol. The lowest BCUT2D eigenvalue weighted by Gasteiger charge is -2.22. The van der Waals surface area contributed by atoms with Gasteiger partial charge in [0.1, 0.15) is 5.82 Å². The standard InChI is InChI=1S/C13H19FN2O2S/c14-11-6-3-7-12(8-11)19(17,18)16-13(9-15)10-4-1-2-5-10/h3,6-8,10,13,16H,1-2,4-5,9,15H2. The molecule has 0 amide bonds. The topological polar surface area (TPSA) is 72.2 Å². The van der Waals surface area contributed by atoms with Crippen molar-refractivity contribution >= 4 is 10.0 Å². The summed E-state index contributed by atoms with van der Waals surface area (Å²) in [5.74, 6) is -0.277. The summed E-state index contributed by atoms with van der Waals surface area (Å²) in [6, 6.07) is 4.74. The molecule has 0 radical (unpaired) electrons. The number of sulfonamides is 1. The Morgan fingerprint density at radius 1 is 1.37 bits per heavy atom. The zero-order chi connectivity index (χ0) is 13.9. The first-order valence-corrected chi connectivity index (χ1v) is 7.99. The first-order valence-electron chi connectivity index (χ1n) is 6.51. The maximum absolute atomic E-state index is 13.1. The number of halogens is 1. The van der Waals surface area contributed by atoms with E-state index >= 15 is 0 Å². The lowest BCUT2D eigenvalue weighted by atomic mass is 9.99. The quantitative estimate of drug-likeness (QED) is 0.864. The summed E-state index contributed by atoms with van der Waals surface area (Å²) in [5, 5.41) is 0. The van der Waals surface area contributed by atoms with Gasteiger partial charge in [-0.05, 0) is 37.0 Å². The third-order valence-electron chi connectivity index (χ3n) is 3.64. The van der Waals surface area contributed by atoms with Crippen molar-refractivity contribution in [2.45, 2.75) is 36.6 Å². The molecule has 1 aromatic rings. The Morgan fingerprint density at radius 2 is 2.05 bits per heavy atom. The lowest BCUT2D eigenvalue weighted by Crippen LogP contribution is -2.44. The molecule has 0 saturated heterocycles. The van der Waals surface area contributed by atoms with Gasteiger partial charge in [-0.1, -0.05) is 18.9 Å². The van der Waals surface area contributed by atoms with Crippen LogP contribution in [0.2, 0.25) is 0 Å². The summed E-state index contributed by atoms with van der Waals surface area (Å²) in [6.45, 7) is 0.263. The zero-order valence-electron chi connectivity index (χ0n) is 10.7. The monoisotopic (exact) mass is 286 g/mol. The largest absolute Gasteiger partial charge is 0.329 e. The highest BCUT2D eigenvalue weighted by atomic mass is 32.2. The minimum absolute atomic E-state index is 0.0519. The normalized spacial score (nSPS) is 18.6. The van der Waals surface area contributed by atoms with Gasteiger partial charge >= 0.3 is 0 Å². The lowest BCUT2D eigenvalue weighted by molar-refractivity contribution is 0.405. The van der Waals surface area contributed by atoms with E-state index in [4.69, 9.17) is 5.73 Å². The SMILES string of the molecule is NCC(NS(=O)(=O)c1cccc(F)c1)C1CCCC1. The second kappa shape index (κ2) is 5.98. The predicted molar refractivity (Wildman–Crippen MR) is 71.5 cm³/mol. The summed E-state index contributed by atoms with van der Waals surface area (Å²) in [4.78, 5) is -0.0519. The van der Waals surface area contributed by atoms with Crippen molar-refractivity contribution in [2.75, 3.05) is 6.54 Å². The number of benzene rings is 1. The van der Waals surface area contributed by atoms with E-state index in [0.29, 0.717) is 0 Å². The fourth-order valence-corrected chi connectivity index (χ4v) is 3.95. The Hall–Kier alpha value is -0.980. The van der Waals surface area contributed by atoms with Crippen molar-refractivity contribution in [3.8, 4) is 0 Å². The Kier molecular flexibility index (Phi) is 4.54. The van der Waals surface area contributed by atoms with Crippen LogP contribution in [-0.2, 0) is 10.0 Å². The number of nitrogens with two attached hydrogens (primary N) is 1. The van der Waals surface area contributed by atoms with E-state index in [-0.39, 0.29) is 23.4 Å². The molecule has 1 aromatic carbocycles. The van der Waals surface area contributed by atoms with Crippen molar-refractivity contribution in [1.29, 1.82) is 0 Å². The van der Waals surface area contributed by atoms with Gasteiger partial charge in [-0.2, -0.15) is 0 Å². The van der Waals surface area contributed by atoms with Crippen LogP contribution in [0.1, 0.15) is 25.7 Å². The molecule has 19 heavy (non-hydrogen) atoms. The Bertz CT molecular complexity index is 527. The molecule has 0 bridgehead atoms. The second-order valence-electron chi connectivity index (χ2n) is 4.97. The zero-order valence-corrected chi connectivity index (χ0v) is 11.5. The van der Waals surface area contributed by atoms with Gasteiger partial charge in [-0.25, -0.2) is 17.5 Å². The molecule has 3 N–H and O–H groups in total. The third-order valence-corrected chi connectivity index (χ3v) is 5.12. The molecule has 0 heterocycles. The van der Waals surface area contributed by atoms with Crippen LogP contribution in [0.25, 0.3) is 0 Å². The van der Waals surface area contributed by atoms with Crippen LogP contribution in [0.5, 0.6) is 0 Å². The molecule has 0 aromatic heterocycles. The van der Waals surface area contributed by atoms with Gasteiger partial charge in [-0.3, -0.25) is 0 Å². The first kappa shape index (κ1) is 14.4. The molecule has 106 valence electrons. The third kappa shape index (κ3) is 3.52. The van der Waals surface area contributed by atoms with Crippen LogP contribution in [0.15, 0.2) is 29.2 Å². The molecule has 0 spiro atoms. The Morgan fingerprint density at radius 3 is 2.63 bits per heavy atom. The maximum Gasteiger partial charge on any atom is 0.240 e. The van der Waals surface area contributed by atoms with Gasteiger partial charge in [0.2, 0.25) is 10.0 Å². The molecule has 1 atom stereocenters. The Labute approximate surface area is 113 Å². The maximum atomic E-state index is 13.1. The molecule has 1 unspecified atom stereocenters. The fourth-order valence-electron chi connectivity index (χ4n) is 2.60. The van der Waals surface area contributed by atoms with E-state index in [1.54, 1.807) is 0 Å². The van der Waals surface area contributed by atoms with Crippen molar-refractivity contribution in [1.82, 2.24) is 4.72 Å². The summed E-state index contributed by atoms with van der Waals surface area (Å²) in [6.07, 6.45) is 4.22. The van der Waals surface area contributed by atoms with Crippen LogP contribution < -0.4 is 10.5 Å². The van der Waals surface area contributed by atoms with Crippen LogP contribution in [-0.4, -0.2) is 21.0 Å². The molecule has 6 heteroatoms. The van der Waals surface area contributed by atoms with E-state index in [0.717, 1.165) is 31.7 Å². The highest BCUT2D eigenvalue weighted by Gasteiger charge is 2.28. The van der Waals surface area contributed by atoms with Gasteiger partial charge in [0, 0.05) is 12.6 Å². The van der Waals surface area contributed by atoms with Gasteiger partial charge in [0.15, 0.2) is 0 Å². The van der Waals surface area contributed by atoms with E-state index < -0.39 is 15.8 Å². The van der Waals surface area contributed by atoms with Gasteiger partial charge in [0.05, 0.1) is 4.90 Å². The highest BCUT2D eigenvalue weighted by molar-refractivity contribution is 7.89. The molecule has 2 rings (SSSR count). The Balaban J connectivity index is 2.15. The first-order chi connectivity index (χ1) is 9.03. The molecule has 1 aliphatic carbocycles. The molecule has 4 nitrogen and oxygen atoms in total. The van der Waals surface area contributed by atoms with Crippen molar-refractivity contribution in [3.63, 3.8) is 0 Å². The summed E-state index contributed by atoms with van der Waals surface area (Å²) in [5.41, 5.74) is 5.67. The van der Waals surface area contributed by atoms with Gasteiger partial charge in [0.25, 0.3) is 0 Å². The molecule has 1 aliphatic rings. The number of rotatable bonds is 5. The summed E-state index contributed by atoms with van der Waals surface area (Å²) in [7, 11) is -3.70. The summed E-state index contributed by atoms with van der Waals surface area (Å²) >= 11 is 0. The molecule has 1 fully saturated rings. The van der Waals surface area contributed by atoms with Crippen LogP contribution in [0.4, 0.5) is 4.39 Å². The van der Waals surface area contributed by atoms with E-state index in [1.165, 1.54) is 18.2 Å². The van der Waals surface area contributed by atoms with Crippen LogP contribution >= 0.6 is 0 Å². The van der Waals surface area contributed by atoms with E-state index in [2.05, 4.69) is 4.72 Å². The van der Waals surface area contributed by atoms with E-state index in [9.17, 15) is 12.8 Å².